The van der Waals surface area contributed by atoms with Gasteiger partial charge in [0.1, 0.15) is 5.75 Å². The van der Waals surface area contributed by atoms with E-state index in [2.05, 4.69) is 11.3 Å². The van der Waals surface area contributed by atoms with Crippen molar-refractivity contribution in [2.75, 3.05) is 0 Å². The number of rotatable bonds is 5. The lowest BCUT2D eigenvalue weighted by Gasteiger charge is -2.12. The Balaban J connectivity index is 2.90. The first-order chi connectivity index (χ1) is 7.56. The second-order valence-corrected chi connectivity index (χ2v) is 3.08. The van der Waals surface area contributed by atoms with E-state index in [1.165, 1.54) is 18.2 Å². The van der Waals surface area contributed by atoms with E-state index in [0.29, 0.717) is 11.1 Å². The molecule has 0 fully saturated rings. The number of ether oxygens (including phenoxy) is 1. The summed E-state index contributed by atoms with van der Waals surface area (Å²) >= 11 is 0. The van der Waals surface area contributed by atoms with E-state index in [0.717, 1.165) is 0 Å². The molecule has 0 saturated heterocycles. The summed E-state index contributed by atoms with van der Waals surface area (Å²) in [6.45, 7) is 3.19. The van der Waals surface area contributed by atoms with Gasteiger partial charge in [0.15, 0.2) is 0 Å². The van der Waals surface area contributed by atoms with E-state index in [-0.39, 0.29) is 12.4 Å². The van der Waals surface area contributed by atoms with Gasteiger partial charge in [0.05, 0.1) is 6.61 Å². The van der Waals surface area contributed by atoms with Crippen LogP contribution in [0.5, 0.6) is 5.75 Å². The predicted octanol–water partition coefficient (Wildman–Crippen LogP) is 2.76. The van der Waals surface area contributed by atoms with Crippen LogP contribution in [-0.2, 0) is 6.61 Å². The second-order valence-electron chi connectivity index (χ2n) is 3.08. The molecular weight excluding hydrogens is 221 g/mol. The minimum Gasteiger partial charge on any atom is -0.454 e. The van der Waals surface area contributed by atoms with Gasteiger partial charge in [0, 0.05) is 0 Å². The van der Waals surface area contributed by atoms with E-state index in [1.807, 2.05) is 0 Å². The molecule has 0 radical (unpaired) electrons. The summed E-state index contributed by atoms with van der Waals surface area (Å²) in [6, 6.07) is 4.25. The molecule has 0 aliphatic heterocycles. The maximum atomic E-state index is 12.6. The van der Waals surface area contributed by atoms with E-state index in [4.69, 9.17) is 5.11 Å². The Morgan fingerprint density at radius 3 is 2.50 bits per heavy atom. The van der Waals surface area contributed by atoms with Gasteiger partial charge in [-0.1, -0.05) is 12.7 Å². The largest absolute Gasteiger partial charge is 0.454 e. The summed E-state index contributed by atoms with van der Waals surface area (Å²) in [5.74, 6) is -0.0609. The van der Waals surface area contributed by atoms with Crippen molar-refractivity contribution < 1.29 is 23.0 Å². The van der Waals surface area contributed by atoms with Crippen molar-refractivity contribution in [1.29, 1.82) is 0 Å². The Morgan fingerprint density at radius 2 is 2.00 bits per heavy atom. The Morgan fingerprint density at radius 1 is 1.31 bits per heavy atom. The SMILES string of the molecule is C=Cc1cc(CO)cc(OC(F)C(F)F)c1. The van der Waals surface area contributed by atoms with Crippen LogP contribution in [0.3, 0.4) is 0 Å². The van der Waals surface area contributed by atoms with Gasteiger partial charge < -0.3 is 9.84 Å². The van der Waals surface area contributed by atoms with Crippen LogP contribution >= 0.6 is 0 Å². The quantitative estimate of drug-likeness (QED) is 0.845. The number of alkyl halides is 3. The van der Waals surface area contributed by atoms with Gasteiger partial charge in [-0.3, -0.25) is 0 Å². The highest BCUT2D eigenvalue weighted by molar-refractivity contribution is 5.51. The van der Waals surface area contributed by atoms with Crippen molar-refractivity contribution in [2.24, 2.45) is 0 Å². The third-order valence-electron chi connectivity index (χ3n) is 1.85. The summed E-state index contributed by atoms with van der Waals surface area (Å²) < 4.78 is 40.8. The van der Waals surface area contributed by atoms with Crippen molar-refractivity contribution in [3.05, 3.63) is 35.9 Å². The monoisotopic (exact) mass is 232 g/mol. The molecule has 1 aromatic carbocycles. The summed E-state index contributed by atoms with van der Waals surface area (Å²) in [5.41, 5.74) is 0.997. The van der Waals surface area contributed by atoms with Crippen molar-refractivity contribution in [3.8, 4) is 5.75 Å². The van der Waals surface area contributed by atoms with Gasteiger partial charge in [0.25, 0.3) is 6.36 Å². The van der Waals surface area contributed by atoms with E-state index in [9.17, 15) is 13.2 Å². The highest BCUT2D eigenvalue weighted by Crippen LogP contribution is 2.21. The molecule has 0 aromatic heterocycles. The first kappa shape index (κ1) is 12.6. The zero-order valence-corrected chi connectivity index (χ0v) is 8.37. The summed E-state index contributed by atoms with van der Waals surface area (Å²) in [6.07, 6.45) is -4.43. The molecule has 88 valence electrons. The topological polar surface area (TPSA) is 29.5 Å². The predicted molar refractivity (Wildman–Crippen MR) is 54.0 cm³/mol. The Labute approximate surface area is 91.0 Å². The fraction of sp³-hybridized carbons (Fsp3) is 0.273. The molecule has 0 aliphatic carbocycles. The highest BCUT2D eigenvalue weighted by atomic mass is 19.3. The van der Waals surface area contributed by atoms with Crippen LogP contribution in [0.15, 0.2) is 24.8 Å². The molecule has 0 bridgehead atoms. The van der Waals surface area contributed by atoms with Gasteiger partial charge in [-0.2, -0.15) is 4.39 Å². The fourth-order valence-electron chi connectivity index (χ4n) is 1.14. The number of aliphatic hydroxyl groups is 1. The highest BCUT2D eigenvalue weighted by Gasteiger charge is 2.20. The lowest BCUT2D eigenvalue weighted by molar-refractivity contribution is -0.0669. The van der Waals surface area contributed by atoms with Crippen LogP contribution in [0.2, 0.25) is 0 Å². The number of halogens is 3. The van der Waals surface area contributed by atoms with Crippen LogP contribution < -0.4 is 4.74 Å². The maximum absolute atomic E-state index is 12.6. The molecule has 1 unspecified atom stereocenters. The van der Waals surface area contributed by atoms with E-state index >= 15 is 0 Å². The maximum Gasteiger partial charge on any atom is 0.304 e. The van der Waals surface area contributed by atoms with Gasteiger partial charge in [-0.25, -0.2) is 8.78 Å². The fourth-order valence-corrected chi connectivity index (χ4v) is 1.14. The zero-order chi connectivity index (χ0) is 12.1. The molecule has 16 heavy (non-hydrogen) atoms. The van der Waals surface area contributed by atoms with Crippen molar-refractivity contribution in [3.63, 3.8) is 0 Å². The molecule has 0 spiro atoms. The van der Waals surface area contributed by atoms with Crippen LogP contribution in [0, 0.1) is 0 Å². The molecule has 1 N–H and O–H groups in total. The smallest absolute Gasteiger partial charge is 0.304 e. The Kier molecular flexibility index (Phi) is 4.37. The van der Waals surface area contributed by atoms with Crippen molar-refractivity contribution >= 4 is 6.08 Å². The Hall–Kier alpha value is -1.49. The van der Waals surface area contributed by atoms with Crippen LogP contribution in [0.1, 0.15) is 11.1 Å². The van der Waals surface area contributed by atoms with E-state index in [1.54, 1.807) is 6.07 Å². The second kappa shape index (κ2) is 5.55. The Bertz CT molecular complexity index is 366. The lowest BCUT2D eigenvalue weighted by atomic mass is 10.1. The van der Waals surface area contributed by atoms with Gasteiger partial charge in [0.2, 0.25) is 0 Å². The molecule has 1 aromatic rings. The average molecular weight is 232 g/mol. The van der Waals surface area contributed by atoms with Crippen LogP contribution in [-0.4, -0.2) is 17.9 Å². The minimum atomic E-state index is -3.20. The zero-order valence-electron chi connectivity index (χ0n) is 8.37. The molecule has 5 heteroatoms. The van der Waals surface area contributed by atoms with Gasteiger partial charge in [-0.15, -0.1) is 0 Å². The molecule has 1 atom stereocenters. The first-order valence-electron chi connectivity index (χ1n) is 4.53. The first-order valence-corrected chi connectivity index (χ1v) is 4.53. The average Bonchev–Trinajstić information content (AvgIpc) is 2.28. The van der Waals surface area contributed by atoms with Gasteiger partial charge in [-0.05, 0) is 29.3 Å². The third-order valence-corrected chi connectivity index (χ3v) is 1.85. The van der Waals surface area contributed by atoms with Gasteiger partial charge >= 0.3 is 6.43 Å². The molecule has 1 rings (SSSR count). The molecule has 0 saturated carbocycles. The van der Waals surface area contributed by atoms with Crippen molar-refractivity contribution in [1.82, 2.24) is 0 Å². The summed E-state index contributed by atoms with van der Waals surface area (Å²) in [4.78, 5) is 0. The van der Waals surface area contributed by atoms with Crippen LogP contribution in [0.4, 0.5) is 13.2 Å². The lowest BCUT2D eigenvalue weighted by Crippen LogP contribution is -2.19. The minimum absolute atomic E-state index is 0.0609. The summed E-state index contributed by atoms with van der Waals surface area (Å²) in [5, 5.41) is 8.89. The molecular formula is C11H11F3O2. The third kappa shape index (κ3) is 3.27. The normalized spacial score (nSPS) is 12.6. The molecule has 0 amide bonds. The van der Waals surface area contributed by atoms with E-state index < -0.39 is 12.8 Å². The number of aliphatic hydroxyl groups excluding tert-OH is 1. The number of benzene rings is 1. The standard InChI is InChI=1S/C11H11F3O2/c1-2-7-3-8(6-15)5-9(4-7)16-11(14)10(12)13/h2-5,10-11,15H,1,6H2. The summed E-state index contributed by atoms with van der Waals surface area (Å²) in [7, 11) is 0. The van der Waals surface area contributed by atoms with Crippen LogP contribution in [0.25, 0.3) is 6.08 Å². The molecule has 0 aliphatic rings. The molecule has 2 nitrogen and oxygen atoms in total. The molecule has 0 heterocycles. The van der Waals surface area contributed by atoms with Crippen molar-refractivity contribution in [2.45, 2.75) is 19.4 Å². The number of hydrogen-bond donors (Lipinski definition) is 1. The number of hydrogen-bond acceptors (Lipinski definition) is 2.